The molecule has 1 rings (SSSR count). The molecule has 1 unspecified atom stereocenters. The molecule has 0 aromatic carbocycles. The molecule has 6 nitrogen and oxygen atoms in total. The van der Waals surface area contributed by atoms with Crippen LogP contribution in [-0.2, 0) is 23.0 Å². The number of nitrogens with zero attached hydrogens (tertiary/aromatic N) is 3. The van der Waals surface area contributed by atoms with Crippen LogP contribution in [0.25, 0.3) is 0 Å². The van der Waals surface area contributed by atoms with Gasteiger partial charge < -0.3 is 15.0 Å². The van der Waals surface area contributed by atoms with E-state index in [9.17, 15) is 4.79 Å². The fraction of sp³-hybridized carbons (Fsp3) is 0.625. The van der Waals surface area contributed by atoms with E-state index in [1.54, 1.807) is 4.57 Å². The number of aryl methyl sites for hydroxylation is 1. The zero-order valence-corrected chi connectivity index (χ0v) is 8.52. The SMILES string of the molecule is COC(=O)C(N)Cc1nnc(C)n1C. The van der Waals surface area contributed by atoms with E-state index >= 15 is 0 Å². The molecule has 78 valence electrons. The first-order valence-corrected chi connectivity index (χ1v) is 4.24. The number of rotatable bonds is 3. The van der Waals surface area contributed by atoms with Crippen molar-refractivity contribution in [1.82, 2.24) is 14.8 Å². The molecule has 0 bridgehead atoms. The van der Waals surface area contributed by atoms with Gasteiger partial charge in [-0.2, -0.15) is 0 Å². The van der Waals surface area contributed by atoms with Gasteiger partial charge in [0.1, 0.15) is 17.7 Å². The molecule has 0 aliphatic carbocycles. The third kappa shape index (κ3) is 2.08. The summed E-state index contributed by atoms with van der Waals surface area (Å²) in [5, 5.41) is 7.76. The van der Waals surface area contributed by atoms with E-state index in [1.165, 1.54) is 7.11 Å². The van der Waals surface area contributed by atoms with Gasteiger partial charge in [0.15, 0.2) is 0 Å². The van der Waals surface area contributed by atoms with Crippen LogP contribution in [0.3, 0.4) is 0 Å². The first-order valence-electron chi connectivity index (χ1n) is 4.24. The molecule has 0 spiro atoms. The summed E-state index contributed by atoms with van der Waals surface area (Å²) in [6.45, 7) is 1.83. The summed E-state index contributed by atoms with van der Waals surface area (Å²) in [5.41, 5.74) is 5.58. The summed E-state index contributed by atoms with van der Waals surface area (Å²) in [4.78, 5) is 11.0. The lowest BCUT2D eigenvalue weighted by atomic mass is 10.2. The molecule has 0 aliphatic heterocycles. The minimum absolute atomic E-state index is 0.337. The number of esters is 1. The highest BCUT2D eigenvalue weighted by Crippen LogP contribution is 2.01. The quantitative estimate of drug-likeness (QED) is 0.641. The van der Waals surface area contributed by atoms with Crippen LogP contribution in [0.15, 0.2) is 0 Å². The second kappa shape index (κ2) is 4.19. The number of methoxy groups -OCH3 is 1. The van der Waals surface area contributed by atoms with Crippen LogP contribution in [0.1, 0.15) is 11.6 Å². The molecule has 0 amide bonds. The smallest absolute Gasteiger partial charge is 0.323 e. The largest absolute Gasteiger partial charge is 0.468 e. The molecule has 2 N–H and O–H groups in total. The number of hydrogen-bond acceptors (Lipinski definition) is 5. The van der Waals surface area contributed by atoms with Gasteiger partial charge in [-0.3, -0.25) is 4.79 Å². The highest BCUT2D eigenvalue weighted by atomic mass is 16.5. The van der Waals surface area contributed by atoms with E-state index in [0.29, 0.717) is 12.2 Å². The van der Waals surface area contributed by atoms with E-state index < -0.39 is 12.0 Å². The molecule has 14 heavy (non-hydrogen) atoms. The molecule has 1 heterocycles. The van der Waals surface area contributed by atoms with Crippen molar-refractivity contribution in [1.29, 1.82) is 0 Å². The van der Waals surface area contributed by atoms with Gasteiger partial charge in [0.2, 0.25) is 0 Å². The highest BCUT2D eigenvalue weighted by Gasteiger charge is 2.17. The van der Waals surface area contributed by atoms with Crippen LogP contribution in [0, 0.1) is 6.92 Å². The summed E-state index contributed by atoms with van der Waals surface area (Å²) >= 11 is 0. The molecule has 0 saturated heterocycles. The lowest BCUT2D eigenvalue weighted by Crippen LogP contribution is -2.34. The van der Waals surface area contributed by atoms with Crippen molar-refractivity contribution in [3.63, 3.8) is 0 Å². The Labute approximate surface area is 82.1 Å². The molecule has 0 saturated carbocycles. The Hall–Kier alpha value is -1.43. The number of aromatic nitrogens is 3. The molecule has 0 aliphatic rings. The van der Waals surface area contributed by atoms with Crippen molar-refractivity contribution in [2.45, 2.75) is 19.4 Å². The van der Waals surface area contributed by atoms with E-state index in [-0.39, 0.29) is 0 Å². The Morgan fingerprint density at radius 1 is 1.64 bits per heavy atom. The first kappa shape index (κ1) is 10.6. The molecule has 0 fully saturated rings. The lowest BCUT2D eigenvalue weighted by molar-refractivity contribution is -0.142. The van der Waals surface area contributed by atoms with Gasteiger partial charge in [-0.15, -0.1) is 10.2 Å². The van der Waals surface area contributed by atoms with Gasteiger partial charge in [-0.1, -0.05) is 0 Å². The highest BCUT2D eigenvalue weighted by molar-refractivity contribution is 5.75. The third-order valence-electron chi connectivity index (χ3n) is 2.09. The van der Waals surface area contributed by atoms with Crippen LogP contribution in [-0.4, -0.2) is 33.9 Å². The van der Waals surface area contributed by atoms with Gasteiger partial charge >= 0.3 is 5.97 Å². The summed E-state index contributed by atoms with van der Waals surface area (Å²) < 4.78 is 6.30. The number of nitrogens with two attached hydrogens (primary N) is 1. The summed E-state index contributed by atoms with van der Waals surface area (Å²) in [6, 6.07) is -0.678. The first-order chi connectivity index (χ1) is 6.56. The Bertz CT molecular complexity index is 334. The summed E-state index contributed by atoms with van der Waals surface area (Å²) in [7, 11) is 3.14. The van der Waals surface area contributed by atoms with Crippen molar-refractivity contribution in [3.8, 4) is 0 Å². The maximum Gasteiger partial charge on any atom is 0.323 e. The van der Waals surface area contributed by atoms with Gasteiger partial charge in [0.25, 0.3) is 0 Å². The minimum atomic E-state index is -0.678. The van der Waals surface area contributed by atoms with Gasteiger partial charge in [-0.05, 0) is 6.92 Å². The Morgan fingerprint density at radius 2 is 2.29 bits per heavy atom. The zero-order valence-electron chi connectivity index (χ0n) is 8.52. The summed E-state index contributed by atoms with van der Waals surface area (Å²) in [6.07, 6.45) is 0.337. The maximum atomic E-state index is 11.0. The second-order valence-electron chi connectivity index (χ2n) is 3.06. The Kier molecular flexibility index (Phi) is 3.19. The van der Waals surface area contributed by atoms with E-state index in [4.69, 9.17) is 5.73 Å². The van der Waals surface area contributed by atoms with E-state index in [1.807, 2.05) is 14.0 Å². The van der Waals surface area contributed by atoms with Crippen molar-refractivity contribution < 1.29 is 9.53 Å². The average Bonchev–Trinajstić information content (AvgIpc) is 2.48. The number of hydrogen-bond donors (Lipinski definition) is 1. The average molecular weight is 198 g/mol. The lowest BCUT2D eigenvalue weighted by Gasteiger charge is -2.08. The standard InChI is InChI=1S/C8H14N4O2/c1-5-10-11-7(12(5)2)4-6(9)8(13)14-3/h6H,4,9H2,1-3H3. The molecular weight excluding hydrogens is 184 g/mol. The predicted octanol–water partition coefficient (Wildman–Crippen LogP) is -0.834. The third-order valence-corrected chi connectivity index (χ3v) is 2.09. The van der Waals surface area contributed by atoms with Crippen LogP contribution in [0.5, 0.6) is 0 Å². The van der Waals surface area contributed by atoms with E-state index in [0.717, 1.165) is 5.82 Å². The van der Waals surface area contributed by atoms with Crippen molar-refractivity contribution in [3.05, 3.63) is 11.6 Å². The predicted molar refractivity (Wildman–Crippen MR) is 49.4 cm³/mol. The zero-order chi connectivity index (χ0) is 10.7. The normalized spacial score (nSPS) is 12.6. The van der Waals surface area contributed by atoms with Gasteiger partial charge in [-0.25, -0.2) is 0 Å². The van der Waals surface area contributed by atoms with E-state index in [2.05, 4.69) is 14.9 Å². The molecule has 1 aromatic rings. The minimum Gasteiger partial charge on any atom is -0.468 e. The summed E-state index contributed by atoms with van der Waals surface area (Å²) in [5.74, 6) is 1.03. The second-order valence-corrected chi connectivity index (χ2v) is 3.06. The van der Waals surface area contributed by atoms with Crippen molar-refractivity contribution in [2.75, 3.05) is 7.11 Å². The molecule has 0 radical (unpaired) electrons. The number of carbonyl (C=O) groups excluding carboxylic acids is 1. The number of ether oxygens (including phenoxy) is 1. The van der Waals surface area contributed by atoms with Gasteiger partial charge in [0.05, 0.1) is 7.11 Å². The van der Waals surface area contributed by atoms with Crippen LogP contribution in [0.4, 0.5) is 0 Å². The molecule has 1 atom stereocenters. The Balaban J connectivity index is 2.69. The van der Waals surface area contributed by atoms with Crippen LogP contribution >= 0.6 is 0 Å². The van der Waals surface area contributed by atoms with Crippen molar-refractivity contribution >= 4 is 5.97 Å². The topological polar surface area (TPSA) is 83.0 Å². The maximum absolute atomic E-state index is 11.0. The Morgan fingerprint density at radius 3 is 2.71 bits per heavy atom. The monoisotopic (exact) mass is 198 g/mol. The van der Waals surface area contributed by atoms with Gasteiger partial charge in [0, 0.05) is 13.5 Å². The van der Waals surface area contributed by atoms with Crippen LogP contribution < -0.4 is 5.73 Å². The molecular formula is C8H14N4O2. The fourth-order valence-electron chi connectivity index (χ4n) is 1.06. The molecule has 6 heteroatoms. The number of carbonyl (C=O) groups is 1. The fourth-order valence-corrected chi connectivity index (χ4v) is 1.06. The molecule has 1 aromatic heterocycles. The van der Waals surface area contributed by atoms with Crippen LogP contribution in [0.2, 0.25) is 0 Å². The van der Waals surface area contributed by atoms with Crippen molar-refractivity contribution in [2.24, 2.45) is 12.8 Å².